The quantitative estimate of drug-likeness (QED) is 0.535. The molecule has 0 N–H and O–H groups in total. The van der Waals surface area contributed by atoms with Gasteiger partial charge >= 0.3 is 6.18 Å². The van der Waals surface area contributed by atoms with Crippen molar-refractivity contribution in [2.24, 2.45) is 5.92 Å². The van der Waals surface area contributed by atoms with Gasteiger partial charge in [-0.1, -0.05) is 18.2 Å². The van der Waals surface area contributed by atoms with E-state index in [9.17, 15) is 27.6 Å². The number of rotatable bonds is 8. The van der Waals surface area contributed by atoms with Gasteiger partial charge in [-0.2, -0.15) is 13.2 Å². The summed E-state index contributed by atoms with van der Waals surface area (Å²) in [4.78, 5) is 43.1. The fourth-order valence-corrected chi connectivity index (χ4v) is 5.22. The Morgan fingerprint density at radius 2 is 1.88 bits per heavy atom. The first-order chi connectivity index (χ1) is 16.2. The zero-order valence-corrected chi connectivity index (χ0v) is 19.0. The molecule has 1 aromatic rings. The molecule has 2 aliphatic heterocycles. The first-order valence-electron chi connectivity index (χ1n) is 12.1. The van der Waals surface area contributed by atoms with Gasteiger partial charge in [0.25, 0.3) is 0 Å². The molecule has 6 nitrogen and oxygen atoms in total. The van der Waals surface area contributed by atoms with Crippen molar-refractivity contribution >= 4 is 17.7 Å². The molecule has 0 spiro atoms. The second kappa shape index (κ2) is 8.66. The molecular formula is C25H29F3N2O4. The lowest BCUT2D eigenvalue weighted by molar-refractivity contribution is -0.144. The molecule has 2 saturated heterocycles. The van der Waals surface area contributed by atoms with Crippen molar-refractivity contribution in [2.45, 2.75) is 75.1 Å². The van der Waals surface area contributed by atoms with Crippen LogP contribution in [0.25, 0.3) is 0 Å². The topological polar surface area (TPSA) is 66.9 Å². The Morgan fingerprint density at radius 1 is 1.12 bits per heavy atom. The Labute approximate surface area is 196 Å². The van der Waals surface area contributed by atoms with Crippen molar-refractivity contribution in [1.82, 2.24) is 9.80 Å². The molecule has 3 amide bonds. The SMILES string of the molecule is O=C(CC1(c2cccc(C(F)(F)F)c2)CC(=O)N(C2CC2)C1=O)N(CC1CC1)CC1CCCO1. The number of benzene rings is 1. The van der Waals surface area contributed by atoms with Gasteiger partial charge in [-0.3, -0.25) is 19.3 Å². The highest BCUT2D eigenvalue weighted by molar-refractivity contribution is 6.11. The zero-order chi connectivity index (χ0) is 24.1. The summed E-state index contributed by atoms with van der Waals surface area (Å²) in [5.74, 6) is -0.862. The molecule has 1 aromatic carbocycles. The molecule has 4 aliphatic rings. The molecule has 0 bridgehead atoms. The van der Waals surface area contributed by atoms with Gasteiger partial charge in [0.15, 0.2) is 0 Å². The minimum Gasteiger partial charge on any atom is -0.376 e. The van der Waals surface area contributed by atoms with E-state index in [0.29, 0.717) is 38.5 Å². The van der Waals surface area contributed by atoms with E-state index >= 15 is 0 Å². The number of nitrogens with zero attached hydrogens (tertiary/aromatic N) is 2. The predicted molar refractivity (Wildman–Crippen MR) is 116 cm³/mol. The average Bonchev–Trinajstić information content (AvgIpc) is 3.71. The van der Waals surface area contributed by atoms with Crippen LogP contribution in [0.4, 0.5) is 13.2 Å². The highest BCUT2D eigenvalue weighted by Gasteiger charge is 2.57. The average molecular weight is 479 g/mol. The number of hydrogen-bond acceptors (Lipinski definition) is 4. The monoisotopic (exact) mass is 478 g/mol. The van der Waals surface area contributed by atoms with Gasteiger partial charge in [-0.15, -0.1) is 0 Å². The van der Waals surface area contributed by atoms with E-state index in [1.54, 1.807) is 4.90 Å². The molecule has 5 rings (SSSR count). The van der Waals surface area contributed by atoms with Crippen molar-refractivity contribution in [3.63, 3.8) is 0 Å². The number of imide groups is 1. The van der Waals surface area contributed by atoms with Crippen molar-refractivity contribution in [3.05, 3.63) is 35.4 Å². The van der Waals surface area contributed by atoms with Crippen LogP contribution in [0.2, 0.25) is 0 Å². The summed E-state index contributed by atoms with van der Waals surface area (Å²) in [6, 6.07) is 4.35. The first kappa shape index (κ1) is 23.3. The molecule has 2 saturated carbocycles. The molecule has 2 atom stereocenters. The Hall–Kier alpha value is -2.42. The van der Waals surface area contributed by atoms with E-state index in [2.05, 4.69) is 0 Å². The standard InChI is InChI=1S/C25H29F3N2O4/c26-25(27,28)18-4-1-3-17(11-18)24(13-22(32)30(23(24)33)19-8-9-19)12-21(31)29(14-16-6-7-16)15-20-5-2-10-34-20/h1,3-4,11,16,19-20H,2,5-10,12-15H2. The summed E-state index contributed by atoms with van der Waals surface area (Å²) in [6.45, 7) is 1.60. The van der Waals surface area contributed by atoms with Crippen LogP contribution in [-0.4, -0.2) is 59.4 Å². The lowest BCUT2D eigenvalue weighted by atomic mass is 9.75. The smallest absolute Gasteiger partial charge is 0.376 e. The third-order valence-electron chi connectivity index (χ3n) is 7.43. The second-order valence-electron chi connectivity index (χ2n) is 10.2. The van der Waals surface area contributed by atoms with E-state index in [1.165, 1.54) is 17.0 Å². The number of alkyl halides is 3. The molecule has 2 unspecified atom stereocenters. The molecule has 184 valence electrons. The van der Waals surface area contributed by atoms with Gasteiger partial charge < -0.3 is 9.64 Å². The van der Waals surface area contributed by atoms with Crippen molar-refractivity contribution < 1.29 is 32.3 Å². The highest BCUT2D eigenvalue weighted by Crippen LogP contribution is 2.46. The third-order valence-corrected chi connectivity index (χ3v) is 7.43. The van der Waals surface area contributed by atoms with E-state index in [0.717, 1.165) is 37.8 Å². The molecule has 9 heteroatoms. The van der Waals surface area contributed by atoms with Gasteiger partial charge in [0.05, 0.1) is 17.1 Å². The zero-order valence-electron chi connectivity index (χ0n) is 19.0. The van der Waals surface area contributed by atoms with Crippen LogP contribution >= 0.6 is 0 Å². The summed E-state index contributed by atoms with van der Waals surface area (Å²) < 4.78 is 46.2. The molecule has 0 radical (unpaired) electrons. The normalized spacial score (nSPS) is 27.5. The number of hydrogen-bond donors (Lipinski definition) is 0. The van der Waals surface area contributed by atoms with Gasteiger partial charge in [-0.25, -0.2) is 0 Å². The summed E-state index contributed by atoms with van der Waals surface area (Å²) in [7, 11) is 0. The predicted octanol–water partition coefficient (Wildman–Crippen LogP) is 3.67. The van der Waals surface area contributed by atoms with Crippen LogP contribution in [0.1, 0.15) is 62.5 Å². The maximum atomic E-state index is 13.6. The molecule has 4 fully saturated rings. The largest absolute Gasteiger partial charge is 0.416 e. The number of carbonyl (C=O) groups is 3. The van der Waals surface area contributed by atoms with Crippen molar-refractivity contribution in [1.29, 1.82) is 0 Å². The van der Waals surface area contributed by atoms with E-state index in [-0.39, 0.29) is 36.5 Å². The second-order valence-corrected chi connectivity index (χ2v) is 10.2. The summed E-state index contributed by atoms with van der Waals surface area (Å²) in [6.07, 6.45) is -0.0607. The van der Waals surface area contributed by atoms with Crippen LogP contribution < -0.4 is 0 Å². The van der Waals surface area contributed by atoms with E-state index in [1.807, 2.05) is 0 Å². The van der Waals surface area contributed by atoms with Gasteiger partial charge in [0, 0.05) is 38.6 Å². The van der Waals surface area contributed by atoms with Crippen LogP contribution in [-0.2, 0) is 30.7 Å². The van der Waals surface area contributed by atoms with Crippen LogP contribution in [0.15, 0.2) is 24.3 Å². The molecule has 34 heavy (non-hydrogen) atoms. The van der Waals surface area contributed by atoms with Gasteiger partial charge in [-0.05, 0) is 56.1 Å². The maximum Gasteiger partial charge on any atom is 0.416 e. The Kier molecular flexibility index (Phi) is 5.94. The third kappa shape index (κ3) is 4.59. The fraction of sp³-hybridized carbons (Fsp3) is 0.640. The Bertz CT molecular complexity index is 983. The Morgan fingerprint density at radius 3 is 2.50 bits per heavy atom. The van der Waals surface area contributed by atoms with E-state index in [4.69, 9.17) is 4.74 Å². The number of amides is 3. The lowest BCUT2D eigenvalue weighted by Crippen LogP contribution is -2.46. The minimum atomic E-state index is -4.60. The number of carbonyl (C=O) groups excluding carboxylic acids is 3. The summed E-state index contributed by atoms with van der Waals surface area (Å²) in [5.41, 5.74) is -2.42. The number of ether oxygens (including phenoxy) is 1. The molecule has 0 aromatic heterocycles. The van der Waals surface area contributed by atoms with Crippen LogP contribution in [0, 0.1) is 5.92 Å². The number of halogens is 3. The Balaban J connectivity index is 1.47. The van der Waals surface area contributed by atoms with Crippen molar-refractivity contribution in [2.75, 3.05) is 19.7 Å². The fourth-order valence-electron chi connectivity index (χ4n) is 5.22. The lowest BCUT2D eigenvalue weighted by Gasteiger charge is -2.32. The van der Waals surface area contributed by atoms with E-state index < -0.39 is 29.0 Å². The molecular weight excluding hydrogens is 449 g/mol. The highest BCUT2D eigenvalue weighted by atomic mass is 19.4. The molecule has 2 heterocycles. The molecule has 2 aliphatic carbocycles. The van der Waals surface area contributed by atoms with Crippen molar-refractivity contribution in [3.8, 4) is 0 Å². The summed E-state index contributed by atoms with van der Waals surface area (Å²) in [5, 5.41) is 0. The van der Waals surface area contributed by atoms with Crippen LogP contribution in [0.5, 0.6) is 0 Å². The minimum absolute atomic E-state index is 0.0731. The van der Waals surface area contributed by atoms with Gasteiger partial charge in [0.1, 0.15) is 0 Å². The van der Waals surface area contributed by atoms with Crippen LogP contribution in [0.3, 0.4) is 0 Å². The summed E-state index contributed by atoms with van der Waals surface area (Å²) >= 11 is 0. The number of likely N-dealkylation sites (tertiary alicyclic amines) is 1. The first-order valence-corrected chi connectivity index (χ1v) is 12.1. The maximum absolute atomic E-state index is 13.6. The van der Waals surface area contributed by atoms with Gasteiger partial charge in [0.2, 0.25) is 17.7 Å².